The minimum absolute atomic E-state index is 0.0195. The van der Waals surface area contributed by atoms with Gasteiger partial charge in [0.15, 0.2) is 8.32 Å². The van der Waals surface area contributed by atoms with E-state index in [1.165, 1.54) is 12.7 Å². The van der Waals surface area contributed by atoms with Crippen LogP contribution < -0.4 is 0 Å². The lowest BCUT2D eigenvalue weighted by molar-refractivity contribution is -0.145. The van der Waals surface area contributed by atoms with Crippen LogP contribution >= 0.6 is 0 Å². The normalized spacial score (nSPS) is 22.2. The zero-order chi connectivity index (χ0) is 29.2. The zero-order valence-corrected chi connectivity index (χ0v) is 26.7. The SMILES string of the molecule is COC(=O)C1C=C[C@@](C)([C@H](CCCOCc2ccccc2)O[Si](C)(C)C(C)(C)C)[C@@H](COCc2ccccc2)C1. The molecule has 2 aromatic carbocycles. The van der Waals surface area contributed by atoms with E-state index >= 15 is 0 Å². The number of carbonyl (C=O) groups is 1. The minimum atomic E-state index is -2.09. The lowest BCUT2D eigenvalue weighted by atomic mass is 9.65. The Labute approximate surface area is 243 Å². The van der Waals surface area contributed by atoms with Gasteiger partial charge in [0.1, 0.15) is 0 Å². The van der Waals surface area contributed by atoms with E-state index in [1.807, 2.05) is 42.5 Å². The predicted molar refractivity (Wildman–Crippen MR) is 164 cm³/mol. The highest BCUT2D eigenvalue weighted by Gasteiger charge is 2.48. The van der Waals surface area contributed by atoms with Crippen LogP contribution in [-0.4, -0.2) is 40.7 Å². The van der Waals surface area contributed by atoms with E-state index in [-0.39, 0.29) is 34.4 Å². The van der Waals surface area contributed by atoms with Crippen molar-refractivity contribution >= 4 is 14.3 Å². The average molecular weight is 567 g/mol. The summed E-state index contributed by atoms with van der Waals surface area (Å²) in [5.41, 5.74) is 2.03. The fourth-order valence-corrected chi connectivity index (χ4v) is 6.54. The van der Waals surface area contributed by atoms with Crippen molar-refractivity contribution in [3.63, 3.8) is 0 Å². The molecule has 0 saturated heterocycles. The van der Waals surface area contributed by atoms with Gasteiger partial charge in [-0.3, -0.25) is 4.79 Å². The lowest BCUT2D eigenvalue weighted by Crippen LogP contribution is -2.52. The summed E-state index contributed by atoms with van der Waals surface area (Å²) in [6, 6.07) is 20.5. The number of ether oxygens (including phenoxy) is 3. The van der Waals surface area contributed by atoms with Crippen molar-refractivity contribution in [2.24, 2.45) is 17.3 Å². The minimum Gasteiger partial charge on any atom is -0.469 e. The summed E-state index contributed by atoms with van der Waals surface area (Å²) in [6.45, 7) is 16.2. The highest BCUT2D eigenvalue weighted by atomic mass is 28.4. The van der Waals surface area contributed by atoms with Crippen molar-refractivity contribution < 1.29 is 23.4 Å². The smallest absolute Gasteiger partial charge is 0.312 e. The van der Waals surface area contributed by atoms with E-state index in [9.17, 15) is 4.79 Å². The Bertz CT molecular complexity index is 1060. The fourth-order valence-electron chi connectivity index (χ4n) is 5.10. The molecule has 40 heavy (non-hydrogen) atoms. The van der Waals surface area contributed by atoms with Crippen molar-refractivity contribution in [1.82, 2.24) is 0 Å². The third-order valence-electron chi connectivity index (χ3n) is 8.84. The quantitative estimate of drug-likeness (QED) is 0.100. The molecule has 0 N–H and O–H groups in total. The van der Waals surface area contributed by atoms with Crippen LogP contribution in [0.5, 0.6) is 0 Å². The first-order valence-corrected chi connectivity index (χ1v) is 17.6. The van der Waals surface area contributed by atoms with Gasteiger partial charge in [0.25, 0.3) is 0 Å². The molecule has 2 aromatic rings. The number of rotatable bonds is 14. The molecule has 0 saturated carbocycles. The number of esters is 1. The molecule has 3 rings (SSSR count). The van der Waals surface area contributed by atoms with Crippen molar-refractivity contribution in [2.75, 3.05) is 20.3 Å². The molecule has 1 aliphatic rings. The van der Waals surface area contributed by atoms with Crippen LogP contribution in [0.4, 0.5) is 0 Å². The fraction of sp³-hybridized carbons (Fsp3) is 0.559. The Hall–Kier alpha value is -2.25. The predicted octanol–water partition coefficient (Wildman–Crippen LogP) is 7.96. The molecule has 1 unspecified atom stereocenters. The number of hydrogen-bond acceptors (Lipinski definition) is 5. The Balaban J connectivity index is 1.79. The van der Waals surface area contributed by atoms with E-state index < -0.39 is 8.32 Å². The van der Waals surface area contributed by atoms with Crippen LogP contribution in [0.1, 0.15) is 58.1 Å². The largest absolute Gasteiger partial charge is 0.469 e. The van der Waals surface area contributed by atoms with Crippen molar-refractivity contribution in [3.05, 3.63) is 83.9 Å². The van der Waals surface area contributed by atoms with Crippen molar-refractivity contribution in [1.29, 1.82) is 0 Å². The summed E-state index contributed by atoms with van der Waals surface area (Å²) in [5.74, 6) is -0.362. The first-order chi connectivity index (χ1) is 19.0. The third kappa shape index (κ3) is 8.87. The second kappa shape index (κ2) is 14.6. The van der Waals surface area contributed by atoms with Gasteiger partial charge in [0.05, 0.1) is 39.0 Å². The summed E-state index contributed by atoms with van der Waals surface area (Å²) in [4.78, 5) is 12.6. The molecule has 220 valence electrons. The molecule has 1 aliphatic carbocycles. The molecule has 0 amide bonds. The molecule has 4 atom stereocenters. The van der Waals surface area contributed by atoms with Crippen molar-refractivity contribution in [2.45, 2.75) is 84.4 Å². The standard InChI is InChI=1S/C34H50O5Si/c1-33(2,3)40(6,7)39-31(19-14-22-37-24-27-15-10-8-11-16-27)34(4)21-20-29(32(35)36-5)23-30(34)26-38-25-28-17-12-9-13-18-28/h8-13,15-18,20-21,29-31H,14,19,22-26H2,1-7H3/t29?,30-,31+,34-/m1/s1. The number of methoxy groups -OCH3 is 1. The van der Waals surface area contributed by atoms with Crippen LogP contribution in [0.2, 0.25) is 18.1 Å². The molecule has 6 heteroatoms. The molecule has 5 nitrogen and oxygen atoms in total. The van der Waals surface area contributed by atoms with Gasteiger partial charge in [-0.25, -0.2) is 0 Å². The lowest BCUT2D eigenvalue weighted by Gasteiger charge is -2.49. The second-order valence-corrected chi connectivity index (χ2v) is 17.6. The van der Waals surface area contributed by atoms with Crippen LogP contribution in [0.25, 0.3) is 0 Å². The molecular formula is C34H50O5Si. The van der Waals surface area contributed by atoms with Gasteiger partial charge in [0, 0.05) is 12.0 Å². The van der Waals surface area contributed by atoms with Gasteiger partial charge < -0.3 is 18.6 Å². The van der Waals surface area contributed by atoms with Gasteiger partial charge in [0.2, 0.25) is 0 Å². The number of carbonyl (C=O) groups excluding carboxylic acids is 1. The van der Waals surface area contributed by atoms with Gasteiger partial charge >= 0.3 is 5.97 Å². The molecule has 0 fully saturated rings. The maximum absolute atomic E-state index is 12.6. The second-order valence-electron chi connectivity index (χ2n) is 12.8. The van der Waals surface area contributed by atoms with E-state index in [1.54, 1.807) is 0 Å². The number of hydrogen-bond donors (Lipinski definition) is 0. The van der Waals surface area contributed by atoms with Crippen LogP contribution in [0.15, 0.2) is 72.8 Å². The molecule has 0 aromatic heterocycles. The molecule has 0 aliphatic heterocycles. The Morgan fingerprint density at radius 2 is 1.55 bits per heavy atom. The summed E-state index contributed by atoms with van der Waals surface area (Å²) in [5, 5.41) is 0.0810. The molecule has 0 bridgehead atoms. The van der Waals surface area contributed by atoms with E-state index in [4.69, 9.17) is 18.6 Å². The average Bonchev–Trinajstić information content (AvgIpc) is 2.93. The maximum atomic E-state index is 12.6. The monoisotopic (exact) mass is 566 g/mol. The first kappa shape index (κ1) is 32.3. The van der Waals surface area contributed by atoms with Gasteiger partial charge in [-0.05, 0) is 54.4 Å². The van der Waals surface area contributed by atoms with Gasteiger partial charge in [-0.15, -0.1) is 0 Å². The molecular weight excluding hydrogens is 516 g/mol. The van der Waals surface area contributed by atoms with E-state index in [0.29, 0.717) is 32.8 Å². The highest BCUT2D eigenvalue weighted by Crippen LogP contribution is 2.48. The zero-order valence-electron chi connectivity index (χ0n) is 25.7. The van der Waals surface area contributed by atoms with Gasteiger partial charge in [-0.1, -0.05) is 101 Å². The highest BCUT2D eigenvalue weighted by molar-refractivity contribution is 6.74. The van der Waals surface area contributed by atoms with Crippen molar-refractivity contribution in [3.8, 4) is 0 Å². The van der Waals surface area contributed by atoms with Crippen LogP contribution in [-0.2, 0) is 36.6 Å². The first-order valence-electron chi connectivity index (χ1n) is 14.6. The summed E-state index contributed by atoms with van der Waals surface area (Å²) < 4.78 is 24.7. The summed E-state index contributed by atoms with van der Waals surface area (Å²) >= 11 is 0. The summed E-state index contributed by atoms with van der Waals surface area (Å²) in [7, 11) is -0.624. The van der Waals surface area contributed by atoms with Crippen LogP contribution in [0, 0.1) is 17.3 Å². The Kier molecular flexibility index (Phi) is 11.8. The number of benzene rings is 2. The maximum Gasteiger partial charge on any atom is 0.312 e. The Morgan fingerprint density at radius 1 is 0.975 bits per heavy atom. The third-order valence-corrected chi connectivity index (χ3v) is 13.3. The van der Waals surface area contributed by atoms with Crippen LogP contribution in [0.3, 0.4) is 0 Å². The van der Waals surface area contributed by atoms with E-state index in [2.05, 4.69) is 71.1 Å². The molecule has 0 radical (unpaired) electrons. The van der Waals surface area contributed by atoms with E-state index in [0.717, 1.165) is 18.4 Å². The Morgan fingerprint density at radius 3 is 2.10 bits per heavy atom. The topological polar surface area (TPSA) is 54.0 Å². The molecule has 0 heterocycles. The molecule has 0 spiro atoms. The summed E-state index contributed by atoms with van der Waals surface area (Å²) in [6.07, 6.45) is 6.68. The van der Waals surface area contributed by atoms with Gasteiger partial charge in [-0.2, -0.15) is 0 Å².